The molecule has 2 rings (SSSR count). The second-order valence-electron chi connectivity index (χ2n) is 4.33. The van der Waals surface area contributed by atoms with Crippen molar-refractivity contribution in [3.05, 3.63) is 35.5 Å². The molecule has 18 heavy (non-hydrogen) atoms. The first-order valence-corrected chi connectivity index (χ1v) is 5.93. The number of hydrogen-bond donors (Lipinski definition) is 1. The van der Waals surface area contributed by atoms with E-state index < -0.39 is 5.97 Å². The number of aromatic carboxylic acids is 1. The Morgan fingerprint density at radius 1 is 1.44 bits per heavy atom. The maximum Gasteiger partial charge on any atom is 0.353 e. The molecule has 4 heteroatoms. The summed E-state index contributed by atoms with van der Waals surface area (Å²) in [6.45, 7) is 3.94. The first-order chi connectivity index (χ1) is 8.61. The lowest BCUT2D eigenvalue weighted by molar-refractivity contribution is 0.0680. The van der Waals surface area contributed by atoms with Gasteiger partial charge in [0.25, 0.3) is 0 Å². The second-order valence-corrected chi connectivity index (χ2v) is 4.33. The standard InChI is InChI=1S/C14H15NO3/c1-3-9(2)15-12-7-5-4-6-10(12)11(8-16)13(15)14(17)18/h4-9H,3H2,1-2H3,(H,17,18)/t9-/m1/s1. The molecule has 0 bridgehead atoms. The van der Waals surface area contributed by atoms with E-state index >= 15 is 0 Å². The van der Waals surface area contributed by atoms with Gasteiger partial charge in [-0.3, -0.25) is 4.79 Å². The summed E-state index contributed by atoms with van der Waals surface area (Å²) in [6.07, 6.45) is 1.43. The van der Waals surface area contributed by atoms with Gasteiger partial charge in [0.15, 0.2) is 6.29 Å². The number of aldehydes is 1. The van der Waals surface area contributed by atoms with E-state index in [4.69, 9.17) is 0 Å². The molecule has 1 N–H and O–H groups in total. The summed E-state index contributed by atoms with van der Waals surface area (Å²) in [6, 6.07) is 7.32. The highest BCUT2D eigenvalue weighted by Gasteiger charge is 2.23. The quantitative estimate of drug-likeness (QED) is 0.842. The largest absolute Gasteiger partial charge is 0.477 e. The van der Waals surface area contributed by atoms with Gasteiger partial charge in [-0.25, -0.2) is 4.79 Å². The van der Waals surface area contributed by atoms with Crippen LogP contribution in [0, 0.1) is 0 Å². The molecule has 1 aromatic carbocycles. The van der Waals surface area contributed by atoms with Gasteiger partial charge in [-0.05, 0) is 19.4 Å². The SMILES string of the molecule is CC[C@@H](C)n1c(C(=O)O)c(C=O)c2ccccc21. The van der Waals surface area contributed by atoms with E-state index in [0.717, 1.165) is 11.9 Å². The average Bonchev–Trinajstić information content (AvgIpc) is 2.72. The predicted molar refractivity (Wildman–Crippen MR) is 69.3 cm³/mol. The van der Waals surface area contributed by atoms with E-state index in [-0.39, 0.29) is 17.3 Å². The number of rotatable bonds is 4. The Morgan fingerprint density at radius 3 is 2.67 bits per heavy atom. The molecule has 0 saturated carbocycles. The summed E-state index contributed by atoms with van der Waals surface area (Å²) in [5.41, 5.74) is 1.14. The first-order valence-electron chi connectivity index (χ1n) is 5.93. The number of para-hydroxylation sites is 1. The number of carboxylic acid groups (broad SMARTS) is 1. The Bertz CT molecular complexity index is 613. The van der Waals surface area contributed by atoms with Gasteiger partial charge in [-0.15, -0.1) is 0 Å². The maximum atomic E-state index is 11.4. The summed E-state index contributed by atoms with van der Waals surface area (Å²) < 4.78 is 1.74. The lowest BCUT2D eigenvalue weighted by Gasteiger charge is -2.15. The number of fused-ring (bicyclic) bond motifs is 1. The van der Waals surface area contributed by atoms with E-state index in [1.165, 1.54) is 0 Å². The second kappa shape index (κ2) is 4.64. The van der Waals surface area contributed by atoms with E-state index in [1.807, 2.05) is 32.0 Å². The summed E-state index contributed by atoms with van der Waals surface area (Å²) in [5, 5.41) is 10.0. The van der Waals surface area contributed by atoms with Crippen LogP contribution < -0.4 is 0 Å². The Balaban J connectivity index is 2.92. The van der Waals surface area contributed by atoms with Crippen molar-refractivity contribution in [2.24, 2.45) is 0 Å². The minimum atomic E-state index is -1.06. The van der Waals surface area contributed by atoms with Crippen LogP contribution in [0.4, 0.5) is 0 Å². The van der Waals surface area contributed by atoms with Crippen LogP contribution in [0.1, 0.15) is 47.2 Å². The molecular weight excluding hydrogens is 230 g/mol. The van der Waals surface area contributed by atoms with Gasteiger partial charge >= 0.3 is 5.97 Å². The lowest BCUT2D eigenvalue weighted by atomic mass is 10.1. The van der Waals surface area contributed by atoms with Crippen LogP contribution in [0.15, 0.2) is 24.3 Å². The molecule has 0 saturated heterocycles. The highest BCUT2D eigenvalue weighted by Crippen LogP contribution is 2.29. The Hall–Kier alpha value is -2.10. The van der Waals surface area contributed by atoms with E-state index in [2.05, 4.69) is 0 Å². The van der Waals surface area contributed by atoms with Gasteiger partial charge in [0, 0.05) is 16.9 Å². The Kier molecular flexibility index (Phi) is 3.19. The summed E-state index contributed by atoms with van der Waals surface area (Å²) in [4.78, 5) is 22.6. The molecule has 0 aliphatic heterocycles. The molecule has 2 aromatic rings. The van der Waals surface area contributed by atoms with Crippen LogP contribution >= 0.6 is 0 Å². The number of benzene rings is 1. The fourth-order valence-corrected chi connectivity index (χ4v) is 2.27. The third-order valence-electron chi connectivity index (χ3n) is 3.30. The average molecular weight is 245 g/mol. The van der Waals surface area contributed by atoms with E-state index in [1.54, 1.807) is 10.6 Å². The van der Waals surface area contributed by atoms with Crippen molar-refractivity contribution >= 4 is 23.2 Å². The third kappa shape index (κ3) is 1.70. The lowest BCUT2D eigenvalue weighted by Crippen LogP contribution is -2.13. The highest BCUT2D eigenvalue weighted by atomic mass is 16.4. The molecule has 4 nitrogen and oxygen atoms in total. The number of aromatic nitrogens is 1. The number of nitrogens with zero attached hydrogens (tertiary/aromatic N) is 1. The minimum absolute atomic E-state index is 0.0368. The van der Waals surface area contributed by atoms with Crippen molar-refractivity contribution < 1.29 is 14.7 Å². The summed E-state index contributed by atoms with van der Waals surface area (Å²) >= 11 is 0. The van der Waals surface area contributed by atoms with Gasteiger partial charge in [0.1, 0.15) is 5.69 Å². The van der Waals surface area contributed by atoms with Gasteiger partial charge in [0.05, 0.1) is 5.56 Å². The third-order valence-corrected chi connectivity index (χ3v) is 3.30. The smallest absolute Gasteiger partial charge is 0.353 e. The van der Waals surface area contributed by atoms with Crippen molar-refractivity contribution in [2.75, 3.05) is 0 Å². The van der Waals surface area contributed by atoms with Crippen molar-refractivity contribution in [3.8, 4) is 0 Å². The molecule has 1 aromatic heterocycles. The van der Waals surface area contributed by atoms with Gasteiger partial charge in [-0.1, -0.05) is 25.1 Å². The van der Waals surface area contributed by atoms with Crippen molar-refractivity contribution in [2.45, 2.75) is 26.3 Å². The monoisotopic (exact) mass is 245 g/mol. The molecule has 0 spiro atoms. The molecule has 1 heterocycles. The molecule has 94 valence electrons. The Labute approximate surface area is 105 Å². The van der Waals surface area contributed by atoms with Crippen LogP contribution in [-0.4, -0.2) is 21.9 Å². The van der Waals surface area contributed by atoms with Gasteiger partial charge in [-0.2, -0.15) is 0 Å². The van der Waals surface area contributed by atoms with Gasteiger partial charge < -0.3 is 9.67 Å². The van der Waals surface area contributed by atoms with Crippen LogP contribution in [0.25, 0.3) is 10.9 Å². The number of carboxylic acids is 1. The van der Waals surface area contributed by atoms with Crippen molar-refractivity contribution in [3.63, 3.8) is 0 Å². The van der Waals surface area contributed by atoms with Crippen molar-refractivity contribution in [1.82, 2.24) is 4.57 Å². The normalized spacial score (nSPS) is 12.6. The Morgan fingerprint density at radius 2 is 2.11 bits per heavy atom. The summed E-state index contributed by atoms with van der Waals surface area (Å²) in [5.74, 6) is -1.06. The fraction of sp³-hybridized carbons (Fsp3) is 0.286. The van der Waals surface area contributed by atoms with Crippen LogP contribution in [0.2, 0.25) is 0 Å². The van der Waals surface area contributed by atoms with E-state index in [9.17, 15) is 14.7 Å². The van der Waals surface area contributed by atoms with Gasteiger partial charge in [0.2, 0.25) is 0 Å². The fourth-order valence-electron chi connectivity index (χ4n) is 2.27. The number of carbonyl (C=O) groups excluding carboxylic acids is 1. The summed E-state index contributed by atoms with van der Waals surface area (Å²) in [7, 11) is 0. The molecule has 0 unspecified atom stereocenters. The molecule has 0 amide bonds. The van der Waals surface area contributed by atoms with Crippen LogP contribution in [0.5, 0.6) is 0 Å². The molecule has 0 radical (unpaired) electrons. The number of hydrogen-bond acceptors (Lipinski definition) is 2. The molecule has 1 atom stereocenters. The van der Waals surface area contributed by atoms with E-state index in [0.29, 0.717) is 11.7 Å². The molecule has 0 aliphatic rings. The van der Waals surface area contributed by atoms with Crippen LogP contribution in [-0.2, 0) is 0 Å². The van der Waals surface area contributed by atoms with Crippen molar-refractivity contribution in [1.29, 1.82) is 0 Å². The number of carbonyl (C=O) groups is 2. The highest BCUT2D eigenvalue weighted by molar-refractivity contribution is 6.08. The topological polar surface area (TPSA) is 59.3 Å². The minimum Gasteiger partial charge on any atom is -0.477 e. The molecule has 0 aliphatic carbocycles. The zero-order chi connectivity index (χ0) is 13.3. The maximum absolute atomic E-state index is 11.4. The molecule has 0 fully saturated rings. The van der Waals surface area contributed by atoms with Crippen LogP contribution in [0.3, 0.4) is 0 Å². The first kappa shape index (κ1) is 12.4. The molecular formula is C14H15NO3. The zero-order valence-electron chi connectivity index (χ0n) is 10.4. The predicted octanol–water partition coefficient (Wildman–Crippen LogP) is 3.12. The zero-order valence-corrected chi connectivity index (χ0v) is 10.4.